The van der Waals surface area contributed by atoms with Crippen LogP contribution in [-0.4, -0.2) is 29.2 Å². The Hall–Kier alpha value is -2.87. The number of amides is 1. The molecule has 0 saturated carbocycles. The van der Waals surface area contributed by atoms with Crippen LogP contribution in [0.3, 0.4) is 0 Å². The number of nitrogens with one attached hydrogen (secondary N) is 1. The van der Waals surface area contributed by atoms with Crippen molar-refractivity contribution in [3.8, 4) is 0 Å². The van der Waals surface area contributed by atoms with Crippen LogP contribution in [-0.2, 0) is 14.3 Å². The first kappa shape index (κ1) is 19.5. The minimum atomic E-state index is -0.615. The molecule has 8 heteroatoms. The highest BCUT2D eigenvalue weighted by atomic mass is 32.2. The highest BCUT2D eigenvalue weighted by molar-refractivity contribution is 8.00. The number of nitrogens with zero attached hydrogens (tertiary/aromatic N) is 1. The van der Waals surface area contributed by atoms with Crippen LogP contribution in [0.4, 0.5) is 5.69 Å². The number of esters is 1. The minimum absolute atomic E-state index is 0.0697. The lowest BCUT2D eigenvalue weighted by atomic mass is 10.1. The second-order valence-corrected chi connectivity index (χ2v) is 6.39. The summed E-state index contributed by atoms with van der Waals surface area (Å²) < 4.78 is 4.92. The van der Waals surface area contributed by atoms with E-state index >= 15 is 0 Å². The lowest BCUT2D eigenvalue weighted by molar-refractivity contribution is -0.387. The minimum Gasteiger partial charge on any atom is -0.455 e. The second-order valence-electron chi connectivity index (χ2n) is 5.37. The topological polar surface area (TPSA) is 98.5 Å². The van der Waals surface area contributed by atoms with E-state index in [-0.39, 0.29) is 17.5 Å². The molecule has 136 valence electrons. The van der Waals surface area contributed by atoms with E-state index in [2.05, 4.69) is 5.32 Å². The lowest BCUT2D eigenvalue weighted by Crippen LogP contribution is -2.31. The fourth-order valence-corrected chi connectivity index (χ4v) is 2.98. The Kier molecular flexibility index (Phi) is 7.16. The molecule has 26 heavy (non-hydrogen) atoms. The van der Waals surface area contributed by atoms with Gasteiger partial charge in [0.15, 0.2) is 6.61 Å². The fraction of sp³-hybridized carbons (Fsp3) is 0.222. The van der Waals surface area contributed by atoms with E-state index in [1.807, 2.05) is 37.3 Å². The van der Waals surface area contributed by atoms with Gasteiger partial charge >= 0.3 is 5.97 Å². The predicted octanol–water partition coefficient (Wildman–Crippen LogP) is 3.11. The molecule has 0 heterocycles. The van der Waals surface area contributed by atoms with Crippen molar-refractivity contribution in [2.75, 3.05) is 12.4 Å². The molecule has 7 nitrogen and oxygen atoms in total. The molecule has 0 fully saturated rings. The second kappa shape index (κ2) is 9.57. The smallest absolute Gasteiger partial charge is 0.316 e. The van der Waals surface area contributed by atoms with E-state index in [0.717, 1.165) is 17.3 Å². The summed E-state index contributed by atoms with van der Waals surface area (Å²) in [6.07, 6.45) is 0. The highest BCUT2D eigenvalue weighted by Gasteiger charge is 2.16. The Balaban J connectivity index is 1.77. The first-order valence-corrected chi connectivity index (χ1v) is 8.82. The normalized spacial score (nSPS) is 11.4. The van der Waals surface area contributed by atoms with Crippen LogP contribution < -0.4 is 5.32 Å². The Morgan fingerprint density at radius 3 is 2.50 bits per heavy atom. The average molecular weight is 374 g/mol. The molecule has 0 bridgehead atoms. The van der Waals surface area contributed by atoms with Gasteiger partial charge < -0.3 is 10.1 Å². The molecule has 1 atom stereocenters. The van der Waals surface area contributed by atoms with Gasteiger partial charge in [0.05, 0.1) is 21.6 Å². The first-order valence-electron chi connectivity index (χ1n) is 7.83. The molecule has 0 aliphatic rings. The summed E-state index contributed by atoms with van der Waals surface area (Å²) in [4.78, 5) is 34.4. The third kappa shape index (κ3) is 5.89. The van der Waals surface area contributed by atoms with Crippen LogP contribution in [0.1, 0.15) is 18.5 Å². The number of rotatable bonds is 8. The molecule has 0 aliphatic carbocycles. The zero-order chi connectivity index (χ0) is 18.9. The van der Waals surface area contributed by atoms with Crippen molar-refractivity contribution in [1.82, 2.24) is 5.32 Å². The summed E-state index contributed by atoms with van der Waals surface area (Å²) >= 11 is 0.998. The first-order chi connectivity index (χ1) is 12.5. The number of carbonyl (C=O) groups excluding carboxylic acids is 2. The molecule has 2 aromatic carbocycles. The predicted molar refractivity (Wildman–Crippen MR) is 97.8 cm³/mol. The van der Waals surface area contributed by atoms with E-state index < -0.39 is 23.4 Å². The summed E-state index contributed by atoms with van der Waals surface area (Å²) in [6.45, 7) is 1.44. The van der Waals surface area contributed by atoms with Gasteiger partial charge in [0, 0.05) is 6.07 Å². The number of hydrogen-bond acceptors (Lipinski definition) is 6. The number of hydrogen-bond donors (Lipinski definition) is 1. The van der Waals surface area contributed by atoms with Gasteiger partial charge in [-0.3, -0.25) is 19.7 Å². The van der Waals surface area contributed by atoms with Crippen LogP contribution in [0.15, 0.2) is 59.5 Å². The molecule has 1 N–H and O–H groups in total. The quantitative estimate of drug-likeness (QED) is 0.330. The van der Waals surface area contributed by atoms with E-state index in [1.165, 1.54) is 6.07 Å². The molecule has 2 aromatic rings. The van der Waals surface area contributed by atoms with Crippen LogP contribution >= 0.6 is 11.8 Å². The van der Waals surface area contributed by atoms with E-state index in [0.29, 0.717) is 4.90 Å². The SMILES string of the molecule is C[C@@H](NC(=O)COC(=O)CSc1ccccc1[N+](=O)[O-])c1ccccc1. The molecule has 0 radical (unpaired) electrons. The van der Waals surface area contributed by atoms with Crippen LogP contribution in [0, 0.1) is 10.1 Å². The zero-order valence-corrected chi connectivity index (χ0v) is 14.9. The van der Waals surface area contributed by atoms with Gasteiger partial charge in [-0.1, -0.05) is 42.5 Å². The molecule has 0 aromatic heterocycles. The third-order valence-electron chi connectivity index (χ3n) is 3.45. The Labute approximate surface area is 154 Å². The molecule has 0 spiro atoms. The molecule has 0 saturated heterocycles. The maximum Gasteiger partial charge on any atom is 0.316 e. The van der Waals surface area contributed by atoms with Gasteiger partial charge in [0.2, 0.25) is 0 Å². The van der Waals surface area contributed by atoms with Gasteiger partial charge in [-0.2, -0.15) is 0 Å². The number of benzene rings is 2. The lowest BCUT2D eigenvalue weighted by Gasteiger charge is -2.14. The summed E-state index contributed by atoms with van der Waals surface area (Å²) in [5, 5.41) is 13.7. The van der Waals surface area contributed by atoms with Crippen molar-refractivity contribution in [2.24, 2.45) is 0 Å². The zero-order valence-electron chi connectivity index (χ0n) is 14.1. The van der Waals surface area contributed by atoms with Crippen LogP contribution in [0.5, 0.6) is 0 Å². The number of para-hydroxylation sites is 1. The van der Waals surface area contributed by atoms with E-state index in [9.17, 15) is 19.7 Å². The van der Waals surface area contributed by atoms with E-state index in [4.69, 9.17) is 4.74 Å². The number of nitro benzene ring substituents is 1. The maximum absolute atomic E-state index is 11.9. The van der Waals surface area contributed by atoms with E-state index in [1.54, 1.807) is 18.2 Å². The molecule has 0 aliphatic heterocycles. The molecular weight excluding hydrogens is 356 g/mol. The Bertz CT molecular complexity index is 782. The van der Waals surface area contributed by atoms with Gasteiger partial charge in [0.1, 0.15) is 0 Å². The highest BCUT2D eigenvalue weighted by Crippen LogP contribution is 2.28. The monoisotopic (exact) mass is 374 g/mol. The number of ether oxygens (including phenoxy) is 1. The van der Waals surface area contributed by atoms with Crippen LogP contribution in [0.25, 0.3) is 0 Å². The van der Waals surface area contributed by atoms with Crippen molar-refractivity contribution in [2.45, 2.75) is 17.9 Å². The molecule has 2 rings (SSSR count). The van der Waals surface area contributed by atoms with Crippen molar-refractivity contribution in [3.05, 3.63) is 70.3 Å². The van der Waals surface area contributed by atoms with Crippen molar-refractivity contribution >= 4 is 29.3 Å². The van der Waals surface area contributed by atoms with Crippen molar-refractivity contribution in [1.29, 1.82) is 0 Å². The van der Waals surface area contributed by atoms with Crippen molar-refractivity contribution in [3.63, 3.8) is 0 Å². The Morgan fingerprint density at radius 1 is 1.15 bits per heavy atom. The number of carbonyl (C=O) groups is 2. The molecule has 0 unspecified atom stereocenters. The summed E-state index contributed by atoms with van der Waals surface area (Å²) in [6, 6.07) is 15.3. The molecular formula is C18H18N2O5S. The van der Waals surface area contributed by atoms with Gasteiger partial charge in [-0.15, -0.1) is 11.8 Å². The third-order valence-corrected chi connectivity index (χ3v) is 4.49. The van der Waals surface area contributed by atoms with Crippen LogP contribution in [0.2, 0.25) is 0 Å². The van der Waals surface area contributed by atoms with Gasteiger partial charge in [0.25, 0.3) is 11.6 Å². The molecule has 1 amide bonds. The summed E-state index contributed by atoms with van der Waals surface area (Å²) in [7, 11) is 0. The largest absolute Gasteiger partial charge is 0.455 e. The average Bonchev–Trinajstić information content (AvgIpc) is 2.65. The standard InChI is InChI=1S/C18H18N2O5S/c1-13(14-7-3-2-4-8-14)19-17(21)11-25-18(22)12-26-16-10-6-5-9-15(16)20(23)24/h2-10,13H,11-12H2,1H3,(H,19,21)/t13-/m1/s1. The van der Waals surface area contributed by atoms with Crippen molar-refractivity contribution < 1.29 is 19.2 Å². The van der Waals surface area contributed by atoms with Gasteiger partial charge in [-0.25, -0.2) is 0 Å². The number of thioether (sulfide) groups is 1. The summed E-state index contributed by atoms with van der Waals surface area (Å²) in [5.74, 6) is -1.15. The summed E-state index contributed by atoms with van der Waals surface area (Å²) in [5.41, 5.74) is 0.874. The maximum atomic E-state index is 11.9. The number of nitro groups is 1. The van der Waals surface area contributed by atoms with Gasteiger partial charge in [-0.05, 0) is 18.6 Å². The Morgan fingerprint density at radius 2 is 1.81 bits per heavy atom. The fourth-order valence-electron chi connectivity index (χ4n) is 2.16.